The topological polar surface area (TPSA) is 70.7 Å². The van der Waals surface area contributed by atoms with Crippen molar-refractivity contribution in [2.75, 3.05) is 28.0 Å². The first kappa shape index (κ1) is 22.4. The summed E-state index contributed by atoms with van der Waals surface area (Å²) in [7, 11) is -3.42. The van der Waals surface area contributed by atoms with E-state index in [1.165, 1.54) is 5.69 Å². The number of hydrogen-bond donors (Lipinski definition) is 2. The molecule has 30 heavy (non-hydrogen) atoms. The highest BCUT2D eigenvalue weighted by Gasteiger charge is 2.28. The van der Waals surface area contributed by atoms with Gasteiger partial charge in [0.05, 0.1) is 17.0 Å². The third-order valence-corrected chi connectivity index (χ3v) is 7.28. The molecule has 2 atom stereocenters. The van der Waals surface area contributed by atoms with Crippen LogP contribution in [0.3, 0.4) is 0 Å². The zero-order valence-electron chi connectivity index (χ0n) is 18.5. The SMILES string of the molecule is CC1CN(c2ccc(NCc3ccc(NS(=O)(=O)C(C)(C)C)cc3)cc2)C[C@@H](C)O1. The Morgan fingerprint density at radius 2 is 1.47 bits per heavy atom. The molecular weight excluding hydrogens is 398 g/mol. The van der Waals surface area contributed by atoms with Gasteiger partial charge in [0.2, 0.25) is 10.0 Å². The summed E-state index contributed by atoms with van der Waals surface area (Å²) >= 11 is 0. The van der Waals surface area contributed by atoms with Crippen molar-refractivity contribution in [1.82, 2.24) is 0 Å². The summed E-state index contributed by atoms with van der Waals surface area (Å²) in [5.41, 5.74) is 3.91. The summed E-state index contributed by atoms with van der Waals surface area (Å²) in [5, 5.41) is 3.42. The Balaban J connectivity index is 1.56. The lowest BCUT2D eigenvalue weighted by Crippen LogP contribution is -2.45. The average molecular weight is 432 g/mol. The van der Waals surface area contributed by atoms with Crippen molar-refractivity contribution in [3.63, 3.8) is 0 Å². The molecule has 0 amide bonds. The zero-order chi connectivity index (χ0) is 21.9. The van der Waals surface area contributed by atoms with Crippen LogP contribution >= 0.6 is 0 Å². The number of hydrogen-bond acceptors (Lipinski definition) is 5. The molecule has 7 heteroatoms. The molecule has 1 saturated heterocycles. The number of morpholine rings is 1. The van der Waals surface area contributed by atoms with E-state index < -0.39 is 14.8 Å². The van der Waals surface area contributed by atoms with E-state index in [4.69, 9.17) is 4.74 Å². The van der Waals surface area contributed by atoms with E-state index in [-0.39, 0.29) is 12.2 Å². The molecule has 0 spiro atoms. The number of anilines is 3. The Labute approximate surface area is 180 Å². The Kier molecular flexibility index (Phi) is 6.62. The third-order valence-electron chi connectivity index (χ3n) is 5.16. The molecular formula is C23H33N3O3S. The molecule has 2 N–H and O–H groups in total. The molecule has 0 aliphatic carbocycles. The number of nitrogens with one attached hydrogen (secondary N) is 2. The number of rotatable bonds is 6. The fourth-order valence-electron chi connectivity index (χ4n) is 3.38. The normalized spacial score (nSPS) is 20.1. The highest BCUT2D eigenvalue weighted by atomic mass is 32.2. The number of nitrogens with zero attached hydrogens (tertiary/aromatic N) is 1. The smallest absolute Gasteiger partial charge is 0.237 e. The Bertz CT molecular complexity index is 925. The van der Waals surface area contributed by atoms with Crippen molar-refractivity contribution in [2.45, 2.75) is 58.1 Å². The minimum absolute atomic E-state index is 0.238. The van der Waals surface area contributed by atoms with E-state index in [0.717, 1.165) is 24.3 Å². The molecule has 3 rings (SSSR count). The summed E-state index contributed by atoms with van der Waals surface area (Å²) in [6, 6.07) is 15.9. The fraction of sp³-hybridized carbons (Fsp3) is 0.478. The van der Waals surface area contributed by atoms with Gasteiger partial charge in [0.25, 0.3) is 0 Å². The largest absolute Gasteiger partial charge is 0.381 e. The molecule has 164 valence electrons. The second-order valence-electron chi connectivity index (χ2n) is 8.98. The predicted molar refractivity (Wildman–Crippen MR) is 125 cm³/mol. The lowest BCUT2D eigenvalue weighted by molar-refractivity contribution is -0.00521. The summed E-state index contributed by atoms with van der Waals surface area (Å²) in [6.45, 7) is 11.7. The average Bonchev–Trinajstić information content (AvgIpc) is 2.66. The lowest BCUT2D eigenvalue weighted by atomic mass is 10.1. The number of ether oxygens (including phenoxy) is 1. The maximum absolute atomic E-state index is 12.3. The van der Waals surface area contributed by atoms with E-state index in [9.17, 15) is 8.42 Å². The highest BCUT2D eigenvalue weighted by molar-refractivity contribution is 7.94. The summed E-state index contributed by atoms with van der Waals surface area (Å²) in [5.74, 6) is 0. The molecule has 1 aliphatic rings. The second-order valence-corrected chi connectivity index (χ2v) is 11.4. The fourth-order valence-corrected chi connectivity index (χ4v) is 4.13. The molecule has 0 aromatic heterocycles. The van der Waals surface area contributed by atoms with E-state index in [1.807, 2.05) is 12.1 Å². The molecule has 1 fully saturated rings. The molecule has 6 nitrogen and oxygen atoms in total. The number of benzene rings is 2. The Hall–Kier alpha value is -2.25. The molecule has 0 bridgehead atoms. The lowest BCUT2D eigenvalue weighted by Gasteiger charge is -2.36. The van der Waals surface area contributed by atoms with Gasteiger partial charge < -0.3 is 15.0 Å². The van der Waals surface area contributed by atoms with Crippen LogP contribution in [0.1, 0.15) is 40.2 Å². The molecule has 2 aromatic rings. The van der Waals surface area contributed by atoms with Gasteiger partial charge >= 0.3 is 0 Å². The zero-order valence-corrected chi connectivity index (χ0v) is 19.3. The Morgan fingerprint density at radius 3 is 2.00 bits per heavy atom. The summed E-state index contributed by atoms with van der Waals surface area (Å²) in [6.07, 6.45) is 0.477. The van der Waals surface area contributed by atoms with Crippen LogP contribution in [0, 0.1) is 0 Å². The minimum Gasteiger partial charge on any atom is -0.381 e. The molecule has 1 heterocycles. The molecule has 0 radical (unpaired) electrons. The number of sulfonamides is 1. The monoisotopic (exact) mass is 431 g/mol. The summed E-state index contributed by atoms with van der Waals surface area (Å²) in [4.78, 5) is 2.36. The van der Waals surface area contributed by atoms with Gasteiger partial charge in [-0.05, 0) is 76.6 Å². The standard InChI is InChI=1S/C23H33N3O3S/c1-17-15-26(16-18(2)29-17)22-12-10-20(11-13-22)24-14-19-6-8-21(9-7-19)25-30(27,28)23(3,4)5/h6-13,17-18,24-25H,14-16H2,1-5H3/t17-,18?/m1/s1. The van der Waals surface area contributed by atoms with Crippen LogP contribution in [0.15, 0.2) is 48.5 Å². The van der Waals surface area contributed by atoms with Gasteiger partial charge in [0.1, 0.15) is 0 Å². The minimum atomic E-state index is -3.42. The van der Waals surface area contributed by atoms with Crippen molar-refractivity contribution in [1.29, 1.82) is 0 Å². The van der Waals surface area contributed by atoms with Crippen LogP contribution in [-0.2, 0) is 21.3 Å². The van der Waals surface area contributed by atoms with Crippen molar-refractivity contribution < 1.29 is 13.2 Å². The third kappa shape index (κ3) is 5.67. The van der Waals surface area contributed by atoms with E-state index in [0.29, 0.717) is 12.2 Å². The van der Waals surface area contributed by atoms with Crippen LogP contribution in [0.4, 0.5) is 17.1 Å². The van der Waals surface area contributed by atoms with E-state index >= 15 is 0 Å². The van der Waals surface area contributed by atoms with E-state index in [2.05, 4.69) is 53.1 Å². The first-order valence-corrected chi connectivity index (χ1v) is 11.9. The quantitative estimate of drug-likeness (QED) is 0.707. The molecule has 1 unspecified atom stereocenters. The maximum atomic E-state index is 12.3. The van der Waals surface area contributed by atoms with Crippen molar-refractivity contribution in [2.24, 2.45) is 0 Å². The van der Waals surface area contributed by atoms with Gasteiger partial charge in [-0.15, -0.1) is 0 Å². The Morgan fingerprint density at radius 1 is 0.933 bits per heavy atom. The second kappa shape index (κ2) is 8.86. The van der Waals surface area contributed by atoms with Crippen LogP contribution in [0.2, 0.25) is 0 Å². The van der Waals surface area contributed by atoms with E-state index in [1.54, 1.807) is 32.9 Å². The summed E-state index contributed by atoms with van der Waals surface area (Å²) < 4.78 is 32.1. The van der Waals surface area contributed by atoms with Crippen molar-refractivity contribution in [3.05, 3.63) is 54.1 Å². The predicted octanol–water partition coefficient (Wildman–Crippen LogP) is 4.45. The van der Waals surface area contributed by atoms with Gasteiger partial charge in [0, 0.05) is 36.7 Å². The molecule has 1 aliphatic heterocycles. The first-order chi connectivity index (χ1) is 14.0. The van der Waals surface area contributed by atoms with Gasteiger partial charge in [-0.2, -0.15) is 0 Å². The molecule has 2 aromatic carbocycles. The van der Waals surface area contributed by atoms with Crippen molar-refractivity contribution in [3.8, 4) is 0 Å². The van der Waals surface area contributed by atoms with Gasteiger partial charge in [-0.1, -0.05) is 12.1 Å². The van der Waals surface area contributed by atoms with Gasteiger partial charge in [0.15, 0.2) is 0 Å². The van der Waals surface area contributed by atoms with Crippen LogP contribution in [0.25, 0.3) is 0 Å². The van der Waals surface area contributed by atoms with Crippen molar-refractivity contribution >= 4 is 27.1 Å². The maximum Gasteiger partial charge on any atom is 0.237 e. The van der Waals surface area contributed by atoms with Gasteiger partial charge in [-0.25, -0.2) is 8.42 Å². The van der Waals surface area contributed by atoms with Crippen LogP contribution < -0.4 is 14.9 Å². The first-order valence-electron chi connectivity index (χ1n) is 10.4. The highest BCUT2D eigenvalue weighted by Crippen LogP contribution is 2.23. The molecule has 0 saturated carbocycles. The van der Waals surface area contributed by atoms with Gasteiger partial charge in [-0.3, -0.25) is 4.72 Å². The van der Waals surface area contributed by atoms with Crippen LogP contribution in [-0.4, -0.2) is 38.5 Å². The van der Waals surface area contributed by atoms with Crippen LogP contribution in [0.5, 0.6) is 0 Å².